The zero-order valence-electron chi connectivity index (χ0n) is 7.59. The molecular formula is C10H10O3. The predicted molar refractivity (Wildman–Crippen MR) is 47.4 cm³/mol. The van der Waals surface area contributed by atoms with Crippen molar-refractivity contribution in [2.24, 2.45) is 0 Å². The summed E-state index contributed by atoms with van der Waals surface area (Å²) >= 11 is 0. The van der Waals surface area contributed by atoms with Crippen molar-refractivity contribution in [1.29, 1.82) is 0 Å². The monoisotopic (exact) mass is 178 g/mol. The zero-order chi connectivity index (χ0) is 9.42. The molecule has 0 amide bonds. The van der Waals surface area contributed by atoms with Crippen LogP contribution in [-0.2, 0) is 0 Å². The molecular weight excluding hydrogens is 168 g/mol. The van der Waals surface area contributed by atoms with Crippen LogP contribution in [0.15, 0.2) is 6.07 Å². The average molecular weight is 178 g/mol. The molecule has 3 heteroatoms. The van der Waals surface area contributed by atoms with Crippen molar-refractivity contribution in [3.8, 4) is 11.5 Å². The van der Waals surface area contributed by atoms with Crippen molar-refractivity contribution >= 4 is 6.29 Å². The zero-order valence-corrected chi connectivity index (χ0v) is 7.59. The Morgan fingerprint density at radius 1 is 1.31 bits per heavy atom. The van der Waals surface area contributed by atoms with Crippen LogP contribution in [0.3, 0.4) is 0 Å². The van der Waals surface area contributed by atoms with Gasteiger partial charge in [-0.25, -0.2) is 0 Å². The topological polar surface area (TPSA) is 35.5 Å². The molecule has 0 aliphatic carbocycles. The molecule has 0 radical (unpaired) electrons. The lowest BCUT2D eigenvalue weighted by Gasteiger charge is -2.05. The lowest BCUT2D eigenvalue weighted by Crippen LogP contribution is -1.94. The number of fused-ring (bicyclic) bond motifs is 1. The van der Waals surface area contributed by atoms with Gasteiger partial charge in [0.1, 0.15) is 6.29 Å². The maximum atomic E-state index is 10.7. The van der Waals surface area contributed by atoms with Crippen molar-refractivity contribution < 1.29 is 14.3 Å². The highest BCUT2D eigenvalue weighted by molar-refractivity contribution is 5.80. The molecule has 0 spiro atoms. The van der Waals surface area contributed by atoms with Gasteiger partial charge in [-0.1, -0.05) is 0 Å². The molecule has 0 saturated carbocycles. The summed E-state index contributed by atoms with van der Waals surface area (Å²) in [6.07, 6.45) is 0.838. The molecule has 2 rings (SSSR count). The molecule has 0 N–H and O–H groups in total. The second-order valence-corrected chi connectivity index (χ2v) is 3.09. The van der Waals surface area contributed by atoms with Gasteiger partial charge in [-0.15, -0.1) is 0 Å². The number of ether oxygens (including phenoxy) is 2. The average Bonchev–Trinajstić information content (AvgIpc) is 2.60. The van der Waals surface area contributed by atoms with Crippen molar-refractivity contribution in [2.75, 3.05) is 6.79 Å². The summed E-state index contributed by atoms with van der Waals surface area (Å²) < 4.78 is 10.5. The molecule has 1 heterocycles. The van der Waals surface area contributed by atoms with Crippen molar-refractivity contribution in [1.82, 2.24) is 0 Å². The molecule has 68 valence electrons. The van der Waals surface area contributed by atoms with Gasteiger partial charge in [0.25, 0.3) is 0 Å². The molecule has 0 aromatic heterocycles. The third-order valence-corrected chi connectivity index (χ3v) is 2.24. The van der Waals surface area contributed by atoms with Crippen molar-refractivity contribution in [3.05, 3.63) is 22.8 Å². The molecule has 13 heavy (non-hydrogen) atoms. The Balaban J connectivity index is 2.69. The molecule has 1 aliphatic rings. The van der Waals surface area contributed by atoms with Gasteiger partial charge in [-0.05, 0) is 25.5 Å². The first-order valence-corrected chi connectivity index (χ1v) is 4.09. The minimum atomic E-state index is 0.249. The first kappa shape index (κ1) is 8.10. The van der Waals surface area contributed by atoms with Gasteiger partial charge in [0.05, 0.1) is 0 Å². The van der Waals surface area contributed by atoms with Crippen LogP contribution in [0.2, 0.25) is 0 Å². The SMILES string of the molecule is Cc1cc(C=O)c(C)c2c1OCO2. The van der Waals surface area contributed by atoms with E-state index in [0.717, 1.165) is 23.2 Å². The van der Waals surface area contributed by atoms with Crippen LogP contribution >= 0.6 is 0 Å². The fourth-order valence-corrected chi connectivity index (χ4v) is 1.51. The first-order chi connectivity index (χ1) is 6.24. The van der Waals surface area contributed by atoms with Gasteiger partial charge >= 0.3 is 0 Å². The van der Waals surface area contributed by atoms with Gasteiger partial charge < -0.3 is 9.47 Å². The second-order valence-electron chi connectivity index (χ2n) is 3.09. The number of hydrogen-bond acceptors (Lipinski definition) is 3. The van der Waals surface area contributed by atoms with Crippen LogP contribution < -0.4 is 9.47 Å². The number of hydrogen-bond donors (Lipinski definition) is 0. The van der Waals surface area contributed by atoms with E-state index in [1.54, 1.807) is 0 Å². The molecule has 1 aromatic carbocycles. The minimum absolute atomic E-state index is 0.249. The normalized spacial score (nSPS) is 13.1. The number of carbonyl (C=O) groups excluding carboxylic acids is 1. The first-order valence-electron chi connectivity index (χ1n) is 4.09. The molecule has 0 unspecified atom stereocenters. The van der Waals surface area contributed by atoms with Gasteiger partial charge in [-0.2, -0.15) is 0 Å². The molecule has 1 aliphatic heterocycles. The van der Waals surface area contributed by atoms with Crippen LogP contribution in [0.4, 0.5) is 0 Å². The Bertz CT molecular complexity index is 369. The van der Waals surface area contributed by atoms with Crippen LogP contribution in [0.25, 0.3) is 0 Å². The third kappa shape index (κ3) is 1.08. The highest BCUT2D eigenvalue weighted by atomic mass is 16.7. The summed E-state index contributed by atoms with van der Waals surface area (Å²) in [5.41, 5.74) is 2.47. The predicted octanol–water partition coefficient (Wildman–Crippen LogP) is 1.84. The van der Waals surface area contributed by atoms with Gasteiger partial charge in [-0.3, -0.25) is 4.79 Å². The highest BCUT2D eigenvalue weighted by Crippen LogP contribution is 2.39. The van der Waals surface area contributed by atoms with E-state index in [2.05, 4.69) is 0 Å². The summed E-state index contributed by atoms with van der Waals surface area (Å²) in [5.74, 6) is 1.48. The summed E-state index contributed by atoms with van der Waals surface area (Å²) in [7, 11) is 0. The molecule has 0 atom stereocenters. The van der Waals surface area contributed by atoms with Crippen LogP contribution in [0.1, 0.15) is 21.5 Å². The van der Waals surface area contributed by atoms with E-state index < -0.39 is 0 Å². The fourth-order valence-electron chi connectivity index (χ4n) is 1.51. The Morgan fingerprint density at radius 2 is 2.00 bits per heavy atom. The summed E-state index contributed by atoms with van der Waals surface area (Å²) in [4.78, 5) is 10.7. The molecule has 0 saturated heterocycles. The maximum absolute atomic E-state index is 10.7. The number of aryl methyl sites for hydroxylation is 1. The minimum Gasteiger partial charge on any atom is -0.453 e. The lowest BCUT2D eigenvalue weighted by molar-refractivity contribution is 0.112. The Labute approximate surface area is 76.3 Å². The molecule has 0 bridgehead atoms. The smallest absolute Gasteiger partial charge is 0.231 e. The van der Waals surface area contributed by atoms with E-state index in [1.807, 2.05) is 19.9 Å². The molecule has 3 nitrogen and oxygen atoms in total. The number of aldehydes is 1. The van der Waals surface area contributed by atoms with E-state index in [1.165, 1.54) is 0 Å². The molecule has 0 fully saturated rings. The maximum Gasteiger partial charge on any atom is 0.231 e. The Hall–Kier alpha value is -1.51. The summed E-state index contributed by atoms with van der Waals surface area (Å²) in [6.45, 7) is 4.01. The fraction of sp³-hybridized carbons (Fsp3) is 0.300. The summed E-state index contributed by atoms with van der Waals surface area (Å²) in [5, 5.41) is 0. The number of benzene rings is 1. The quantitative estimate of drug-likeness (QED) is 0.615. The third-order valence-electron chi connectivity index (χ3n) is 2.24. The Morgan fingerprint density at radius 3 is 2.69 bits per heavy atom. The Kier molecular flexibility index (Phi) is 1.72. The number of rotatable bonds is 1. The molecule has 1 aromatic rings. The van der Waals surface area contributed by atoms with E-state index in [0.29, 0.717) is 11.3 Å². The van der Waals surface area contributed by atoms with Crippen molar-refractivity contribution in [2.45, 2.75) is 13.8 Å². The van der Waals surface area contributed by atoms with E-state index >= 15 is 0 Å². The lowest BCUT2D eigenvalue weighted by atomic mass is 10.0. The van der Waals surface area contributed by atoms with E-state index in [4.69, 9.17) is 9.47 Å². The van der Waals surface area contributed by atoms with E-state index in [9.17, 15) is 4.79 Å². The van der Waals surface area contributed by atoms with Gasteiger partial charge in [0.15, 0.2) is 11.5 Å². The standard InChI is InChI=1S/C10H10O3/c1-6-3-8(4-11)7(2)10-9(6)12-5-13-10/h3-4H,5H2,1-2H3. The van der Waals surface area contributed by atoms with Crippen LogP contribution in [-0.4, -0.2) is 13.1 Å². The largest absolute Gasteiger partial charge is 0.453 e. The number of carbonyl (C=O) groups is 1. The van der Waals surface area contributed by atoms with Crippen LogP contribution in [0.5, 0.6) is 11.5 Å². The summed E-state index contributed by atoms with van der Waals surface area (Å²) in [6, 6.07) is 1.82. The van der Waals surface area contributed by atoms with E-state index in [-0.39, 0.29) is 6.79 Å². The van der Waals surface area contributed by atoms with Crippen molar-refractivity contribution in [3.63, 3.8) is 0 Å². The second kappa shape index (κ2) is 2.76. The van der Waals surface area contributed by atoms with Gasteiger partial charge in [0.2, 0.25) is 6.79 Å². The van der Waals surface area contributed by atoms with Gasteiger partial charge in [0, 0.05) is 11.1 Å². The highest BCUT2D eigenvalue weighted by Gasteiger charge is 2.20. The van der Waals surface area contributed by atoms with Crippen LogP contribution in [0, 0.1) is 13.8 Å².